The Kier molecular flexibility index (Phi) is 5.94. The minimum atomic E-state index is -0.163. The number of carbonyl (C=O) groups is 2. The predicted molar refractivity (Wildman–Crippen MR) is 114 cm³/mol. The lowest BCUT2D eigenvalue weighted by molar-refractivity contribution is -0.132. The van der Waals surface area contributed by atoms with E-state index in [1.165, 1.54) is 16.9 Å². The molecule has 0 radical (unpaired) electrons. The first-order valence-corrected chi connectivity index (χ1v) is 10.9. The predicted octanol–water partition coefficient (Wildman–Crippen LogP) is 3.39. The number of hydrogen-bond acceptors (Lipinski definition) is 5. The van der Waals surface area contributed by atoms with E-state index in [0.29, 0.717) is 11.5 Å². The van der Waals surface area contributed by atoms with Crippen LogP contribution in [0.15, 0.2) is 35.4 Å². The number of hydrogen-bond donors (Lipinski definition) is 1. The summed E-state index contributed by atoms with van der Waals surface area (Å²) in [4.78, 5) is 28.3. The second-order valence-corrected chi connectivity index (χ2v) is 8.59. The Hall–Kier alpha value is -2.67. The molecule has 0 atom stereocenters. The zero-order valence-corrected chi connectivity index (χ0v) is 17.4. The summed E-state index contributed by atoms with van der Waals surface area (Å²) in [7, 11) is 0. The van der Waals surface area contributed by atoms with Crippen LogP contribution in [0, 0.1) is 0 Å². The van der Waals surface area contributed by atoms with E-state index in [0.717, 1.165) is 49.2 Å². The van der Waals surface area contributed by atoms with Gasteiger partial charge in [-0.1, -0.05) is 0 Å². The Balaban J connectivity index is 1.30. The molecule has 6 nitrogen and oxygen atoms in total. The molecular formula is C22H25N3O3S. The Morgan fingerprint density at radius 3 is 2.62 bits per heavy atom. The van der Waals surface area contributed by atoms with Gasteiger partial charge in [0.2, 0.25) is 0 Å². The number of carbonyl (C=O) groups excluding carboxylic acids is 2. The quantitative estimate of drug-likeness (QED) is 0.585. The van der Waals surface area contributed by atoms with Gasteiger partial charge in [-0.15, -0.1) is 11.3 Å². The number of ether oxygens (including phenoxy) is 1. The molecule has 0 saturated carbocycles. The van der Waals surface area contributed by atoms with Crippen LogP contribution in [-0.2, 0) is 17.6 Å². The van der Waals surface area contributed by atoms with Crippen LogP contribution in [0.5, 0.6) is 5.75 Å². The molecule has 1 aliphatic carbocycles. The fourth-order valence-corrected chi connectivity index (χ4v) is 4.83. The van der Waals surface area contributed by atoms with Gasteiger partial charge in [-0.2, -0.15) is 5.10 Å². The van der Waals surface area contributed by atoms with Gasteiger partial charge in [0.1, 0.15) is 5.75 Å². The summed E-state index contributed by atoms with van der Waals surface area (Å²) in [5.74, 6) is 0.516. The van der Waals surface area contributed by atoms with Gasteiger partial charge in [0.25, 0.3) is 11.8 Å². The molecule has 0 bridgehead atoms. The third kappa shape index (κ3) is 4.67. The first-order chi connectivity index (χ1) is 14.1. The molecule has 1 aromatic heterocycles. The van der Waals surface area contributed by atoms with Crippen molar-refractivity contribution in [1.82, 2.24) is 10.3 Å². The summed E-state index contributed by atoms with van der Waals surface area (Å²) in [6, 6.07) is 9.37. The van der Waals surface area contributed by atoms with Gasteiger partial charge in [-0.25, -0.2) is 5.43 Å². The molecule has 29 heavy (non-hydrogen) atoms. The summed E-state index contributed by atoms with van der Waals surface area (Å²) < 4.78 is 5.60. The molecular weight excluding hydrogens is 386 g/mol. The van der Waals surface area contributed by atoms with Crippen LogP contribution in [-0.4, -0.2) is 42.1 Å². The molecule has 1 aromatic carbocycles. The molecule has 0 unspecified atom stereocenters. The van der Waals surface area contributed by atoms with Crippen LogP contribution in [0.25, 0.3) is 0 Å². The zero-order chi connectivity index (χ0) is 20.2. The van der Waals surface area contributed by atoms with Crippen LogP contribution in [0.2, 0.25) is 0 Å². The van der Waals surface area contributed by atoms with E-state index in [1.54, 1.807) is 11.3 Å². The number of aryl methyl sites for hydroxylation is 2. The largest absolute Gasteiger partial charge is 0.484 e. The highest BCUT2D eigenvalue weighted by atomic mass is 32.1. The number of hydrazone groups is 1. The summed E-state index contributed by atoms with van der Waals surface area (Å²) in [6.07, 6.45) is 5.48. The number of nitrogens with one attached hydrogen (secondary N) is 1. The van der Waals surface area contributed by atoms with E-state index in [-0.39, 0.29) is 18.4 Å². The molecule has 4 rings (SSSR count). The fourth-order valence-electron chi connectivity index (χ4n) is 3.69. The summed E-state index contributed by atoms with van der Waals surface area (Å²) in [6.45, 7) is 3.57. The number of benzene rings is 1. The molecule has 2 aliphatic rings. The number of amides is 2. The van der Waals surface area contributed by atoms with E-state index < -0.39 is 0 Å². The lowest BCUT2D eigenvalue weighted by atomic mass is 10.1. The van der Waals surface area contributed by atoms with Gasteiger partial charge >= 0.3 is 0 Å². The van der Waals surface area contributed by atoms with Crippen molar-refractivity contribution < 1.29 is 14.3 Å². The normalized spacial score (nSPS) is 16.0. The molecule has 2 heterocycles. The highest BCUT2D eigenvalue weighted by Gasteiger charge is 2.19. The minimum absolute atomic E-state index is 0.0339. The van der Waals surface area contributed by atoms with Crippen molar-refractivity contribution in [1.29, 1.82) is 0 Å². The Bertz CT molecular complexity index is 906. The first kappa shape index (κ1) is 19.6. The molecule has 7 heteroatoms. The van der Waals surface area contributed by atoms with Gasteiger partial charge in [0.15, 0.2) is 6.61 Å². The van der Waals surface area contributed by atoms with E-state index in [2.05, 4.69) is 10.5 Å². The third-order valence-electron chi connectivity index (χ3n) is 5.39. The average Bonchev–Trinajstić information content (AvgIpc) is 3.47. The van der Waals surface area contributed by atoms with E-state index in [1.807, 2.05) is 42.2 Å². The Morgan fingerprint density at radius 1 is 1.14 bits per heavy atom. The zero-order valence-electron chi connectivity index (χ0n) is 16.6. The van der Waals surface area contributed by atoms with Gasteiger partial charge in [0, 0.05) is 18.0 Å². The lowest BCUT2D eigenvalue weighted by Crippen LogP contribution is -2.32. The van der Waals surface area contributed by atoms with Crippen molar-refractivity contribution >= 4 is 28.9 Å². The summed E-state index contributed by atoms with van der Waals surface area (Å²) in [5.41, 5.74) is 5.55. The van der Waals surface area contributed by atoms with Crippen LogP contribution in [0.3, 0.4) is 0 Å². The molecule has 1 saturated heterocycles. The average molecular weight is 412 g/mol. The number of nitrogens with zero attached hydrogens (tertiary/aromatic N) is 2. The topological polar surface area (TPSA) is 71.0 Å². The number of thiophene rings is 1. The van der Waals surface area contributed by atoms with Crippen LogP contribution in [0.4, 0.5) is 0 Å². The van der Waals surface area contributed by atoms with Gasteiger partial charge < -0.3 is 9.64 Å². The molecule has 1 fully saturated rings. The van der Waals surface area contributed by atoms with Crippen LogP contribution >= 0.6 is 11.3 Å². The Labute approximate surface area is 174 Å². The monoisotopic (exact) mass is 411 g/mol. The summed E-state index contributed by atoms with van der Waals surface area (Å²) >= 11 is 1.57. The van der Waals surface area contributed by atoms with Crippen molar-refractivity contribution in [3.8, 4) is 5.75 Å². The molecule has 1 N–H and O–H groups in total. The second kappa shape index (κ2) is 8.78. The molecule has 2 aromatic rings. The smallest absolute Gasteiger partial charge is 0.281 e. The van der Waals surface area contributed by atoms with Crippen molar-refractivity contribution in [2.45, 2.75) is 39.0 Å². The Morgan fingerprint density at radius 2 is 1.90 bits per heavy atom. The number of likely N-dealkylation sites (tertiary alicyclic amines) is 1. The first-order valence-electron chi connectivity index (χ1n) is 10.1. The molecule has 1 aliphatic heterocycles. The van der Waals surface area contributed by atoms with Crippen molar-refractivity contribution in [3.05, 3.63) is 51.2 Å². The maximum Gasteiger partial charge on any atom is 0.281 e. The van der Waals surface area contributed by atoms with Crippen molar-refractivity contribution in [2.75, 3.05) is 19.7 Å². The van der Waals surface area contributed by atoms with Gasteiger partial charge in [-0.3, -0.25) is 9.59 Å². The molecule has 0 spiro atoms. The standard InChI is InChI=1S/C22H25N3O3S/c1-15(23-24-22(27)20-13-17-5-4-6-19(17)29-20)16-7-9-18(10-8-16)28-14-21(26)25-11-2-3-12-25/h7-10,13H,2-6,11-12,14H2,1H3,(H,24,27)/b23-15-. The van der Waals surface area contributed by atoms with E-state index in [4.69, 9.17) is 4.74 Å². The van der Waals surface area contributed by atoms with E-state index in [9.17, 15) is 9.59 Å². The third-order valence-corrected chi connectivity index (χ3v) is 6.62. The SMILES string of the molecule is C/C(=N/NC(=O)c1cc2c(s1)CCC2)c1ccc(OCC(=O)N2CCCC2)cc1. The highest BCUT2D eigenvalue weighted by Crippen LogP contribution is 2.30. The fraction of sp³-hybridized carbons (Fsp3) is 0.409. The van der Waals surface area contributed by atoms with Crippen LogP contribution in [0.1, 0.15) is 51.9 Å². The number of rotatable bonds is 6. The van der Waals surface area contributed by atoms with Crippen molar-refractivity contribution in [3.63, 3.8) is 0 Å². The minimum Gasteiger partial charge on any atom is -0.484 e. The van der Waals surface area contributed by atoms with E-state index >= 15 is 0 Å². The van der Waals surface area contributed by atoms with Gasteiger partial charge in [0.05, 0.1) is 10.6 Å². The maximum absolute atomic E-state index is 12.3. The number of fused-ring (bicyclic) bond motifs is 1. The highest BCUT2D eigenvalue weighted by molar-refractivity contribution is 7.14. The molecule has 152 valence electrons. The van der Waals surface area contributed by atoms with Crippen LogP contribution < -0.4 is 10.2 Å². The molecule has 2 amide bonds. The summed E-state index contributed by atoms with van der Waals surface area (Å²) in [5, 5.41) is 4.23. The lowest BCUT2D eigenvalue weighted by Gasteiger charge is -2.15. The second-order valence-electron chi connectivity index (χ2n) is 7.45. The van der Waals surface area contributed by atoms with Crippen molar-refractivity contribution in [2.24, 2.45) is 5.10 Å². The van der Waals surface area contributed by atoms with Gasteiger partial charge in [-0.05, 0) is 80.5 Å². The maximum atomic E-state index is 12.3.